The number of carbonyl (C=O) groups is 2. The SMILES string of the molecule is CCCCOC(=O)NC(N)CC(=O)O. The van der Waals surface area contributed by atoms with Crippen LogP contribution in [0.25, 0.3) is 0 Å². The van der Waals surface area contributed by atoms with Gasteiger partial charge in [-0.3, -0.25) is 4.79 Å². The molecule has 1 unspecified atom stereocenters. The highest BCUT2D eigenvalue weighted by Gasteiger charge is 2.11. The minimum absolute atomic E-state index is 0.317. The van der Waals surface area contributed by atoms with E-state index < -0.39 is 18.2 Å². The molecule has 14 heavy (non-hydrogen) atoms. The van der Waals surface area contributed by atoms with Gasteiger partial charge in [-0.15, -0.1) is 0 Å². The Morgan fingerprint density at radius 3 is 2.71 bits per heavy atom. The number of nitrogens with one attached hydrogen (secondary N) is 1. The first-order valence-corrected chi connectivity index (χ1v) is 4.47. The fourth-order valence-corrected chi connectivity index (χ4v) is 0.741. The van der Waals surface area contributed by atoms with Gasteiger partial charge < -0.3 is 20.9 Å². The topological polar surface area (TPSA) is 102 Å². The van der Waals surface area contributed by atoms with E-state index in [2.05, 4.69) is 5.32 Å². The van der Waals surface area contributed by atoms with Crippen LogP contribution in [0.5, 0.6) is 0 Å². The molecule has 0 aliphatic rings. The third-order valence-electron chi connectivity index (χ3n) is 1.43. The van der Waals surface area contributed by atoms with Crippen LogP contribution < -0.4 is 11.1 Å². The fourth-order valence-electron chi connectivity index (χ4n) is 0.741. The number of hydrogen-bond acceptors (Lipinski definition) is 4. The highest BCUT2D eigenvalue weighted by molar-refractivity contribution is 5.71. The lowest BCUT2D eigenvalue weighted by Crippen LogP contribution is -2.43. The van der Waals surface area contributed by atoms with Gasteiger partial charge in [0.05, 0.1) is 19.2 Å². The summed E-state index contributed by atoms with van der Waals surface area (Å²) >= 11 is 0. The minimum atomic E-state index is -1.06. The summed E-state index contributed by atoms with van der Waals surface area (Å²) in [6.45, 7) is 2.29. The molecule has 0 saturated heterocycles. The number of carbonyl (C=O) groups excluding carboxylic acids is 1. The summed E-state index contributed by atoms with van der Waals surface area (Å²) in [6, 6.07) is 0. The molecule has 0 fully saturated rings. The second kappa shape index (κ2) is 7.14. The monoisotopic (exact) mass is 204 g/mol. The van der Waals surface area contributed by atoms with Gasteiger partial charge in [0.25, 0.3) is 0 Å². The van der Waals surface area contributed by atoms with E-state index in [1.807, 2.05) is 6.92 Å². The molecule has 0 aromatic heterocycles. The lowest BCUT2D eigenvalue weighted by atomic mass is 10.3. The van der Waals surface area contributed by atoms with Gasteiger partial charge in [0.2, 0.25) is 0 Å². The Bertz CT molecular complexity index is 196. The number of aliphatic carboxylic acids is 1. The number of hydrogen-bond donors (Lipinski definition) is 3. The molecule has 82 valence electrons. The number of amides is 1. The van der Waals surface area contributed by atoms with E-state index in [9.17, 15) is 9.59 Å². The number of carboxylic acid groups (broad SMARTS) is 1. The molecule has 1 amide bonds. The van der Waals surface area contributed by atoms with E-state index in [1.54, 1.807) is 0 Å². The zero-order valence-corrected chi connectivity index (χ0v) is 8.16. The third kappa shape index (κ3) is 7.35. The van der Waals surface area contributed by atoms with Gasteiger partial charge in [-0.1, -0.05) is 13.3 Å². The molecule has 0 radical (unpaired) electrons. The normalized spacial score (nSPS) is 11.9. The molecule has 1 atom stereocenters. The van der Waals surface area contributed by atoms with Gasteiger partial charge >= 0.3 is 12.1 Å². The first-order valence-electron chi connectivity index (χ1n) is 4.47. The Morgan fingerprint density at radius 1 is 1.57 bits per heavy atom. The number of ether oxygens (including phenoxy) is 1. The minimum Gasteiger partial charge on any atom is -0.481 e. The number of alkyl carbamates (subject to hydrolysis) is 1. The number of nitrogens with two attached hydrogens (primary N) is 1. The van der Waals surface area contributed by atoms with Crippen LogP contribution in [0.3, 0.4) is 0 Å². The van der Waals surface area contributed by atoms with Gasteiger partial charge in [-0.25, -0.2) is 4.79 Å². The number of rotatable bonds is 6. The Hall–Kier alpha value is -1.30. The van der Waals surface area contributed by atoms with E-state index in [1.165, 1.54) is 0 Å². The van der Waals surface area contributed by atoms with Crippen molar-refractivity contribution in [2.75, 3.05) is 6.61 Å². The molecule has 6 nitrogen and oxygen atoms in total. The molecule has 0 bridgehead atoms. The van der Waals surface area contributed by atoms with Crippen molar-refractivity contribution in [1.82, 2.24) is 5.32 Å². The summed E-state index contributed by atoms with van der Waals surface area (Å²) in [6.07, 6.45) is -0.187. The first-order chi connectivity index (χ1) is 6.56. The Morgan fingerprint density at radius 2 is 2.21 bits per heavy atom. The molecular formula is C8H16N2O4. The van der Waals surface area contributed by atoms with Gasteiger partial charge in [0, 0.05) is 0 Å². The van der Waals surface area contributed by atoms with Crippen molar-refractivity contribution in [3.05, 3.63) is 0 Å². The highest BCUT2D eigenvalue weighted by atomic mass is 16.5. The zero-order valence-electron chi connectivity index (χ0n) is 8.16. The highest BCUT2D eigenvalue weighted by Crippen LogP contribution is 1.90. The van der Waals surface area contributed by atoms with Crippen LogP contribution in [-0.4, -0.2) is 29.9 Å². The standard InChI is InChI=1S/C8H16N2O4/c1-2-3-4-14-8(13)10-6(9)5-7(11)12/h6H,2-5,9H2,1H3,(H,10,13)(H,11,12). The van der Waals surface area contributed by atoms with Crippen LogP contribution in [-0.2, 0) is 9.53 Å². The summed E-state index contributed by atoms with van der Waals surface area (Å²) < 4.78 is 4.71. The van der Waals surface area contributed by atoms with Crippen LogP contribution in [0.1, 0.15) is 26.2 Å². The number of unbranched alkanes of at least 4 members (excludes halogenated alkanes) is 1. The molecule has 0 spiro atoms. The lowest BCUT2D eigenvalue weighted by Gasteiger charge is -2.11. The van der Waals surface area contributed by atoms with E-state index in [0.717, 1.165) is 12.8 Å². The molecule has 0 heterocycles. The average molecular weight is 204 g/mol. The first kappa shape index (κ1) is 12.7. The fraction of sp³-hybridized carbons (Fsp3) is 0.750. The van der Waals surface area contributed by atoms with Crippen LogP contribution in [0.2, 0.25) is 0 Å². The molecule has 0 aliphatic heterocycles. The van der Waals surface area contributed by atoms with Crippen molar-refractivity contribution in [3.63, 3.8) is 0 Å². The third-order valence-corrected chi connectivity index (χ3v) is 1.43. The Labute approximate surface area is 82.4 Å². The van der Waals surface area contributed by atoms with Crippen LogP contribution in [0, 0.1) is 0 Å². The predicted octanol–water partition coefficient (Wildman–Crippen LogP) is 0.272. The molecule has 0 aromatic carbocycles. The Kier molecular flexibility index (Phi) is 6.47. The largest absolute Gasteiger partial charge is 0.481 e. The van der Waals surface area contributed by atoms with Crippen LogP contribution in [0.15, 0.2) is 0 Å². The maximum atomic E-state index is 10.9. The van der Waals surface area contributed by atoms with Gasteiger partial charge in [0.1, 0.15) is 0 Å². The summed E-state index contributed by atoms with van der Waals surface area (Å²) in [5.41, 5.74) is 5.29. The second-order valence-electron chi connectivity index (χ2n) is 2.84. The van der Waals surface area contributed by atoms with E-state index in [0.29, 0.717) is 6.61 Å². The van der Waals surface area contributed by atoms with Gasteiger partial charge in [0.15, 0.2) is 0 Å². The van der Waals surface area contributed by atoms with E-state index >= 15 is 0 Å². The van der Waals surface area contributed by atoms with Crippen molar-refractivity contribution in [2.45, 2.75) is 32.4 Å². The summed E-state index contributed by atoms with van der Waals surface area (Å²) in [4.78, 5) is 21.1. The van der Waals surface area contributed by atoms with E-state index in [-0.39, 0.29) is 6.42 Å². The molecule has 0 saturated carbocycles. The molecule has 0 aromatic rings. The quantitative estimate of drug-likeness (QED) is 0.426. The summed E-state index contributed by atoms with van der Waals surface area (Å²) in [7, 11) is 0. The lowest BCUT2D eigenvalue weighted by molar-refractivity contribution is -0.137. The van der Waals surface area contributed by atoms with Crippen LogP contribution >= 0.6 is 0 Å². The molecular weight excluding hydrogens is 188 g/mol. The smallest absolute Gasteiger partial charge is 0.408 e. The molecule has 0 rings (SSSR count). The van der Waals surface area contributed by atoms with Crippen LogP contribution in [0.4, 0.5) is 4.79 Å². The van der Waals surface area contributed by atoms with Crippen molar-refractivity contribution in [2.24, 2.45) is 5.73 Å². The van der Waals surface area contributed by atoms with Gasteiger partial charge in [-0.05, 0) is 6.42 Å². The zero-order chi connectivity index (χ0) is 11.0. The Balaban J connectivity index is 3.55. The summed E-state index contributed by atoms with van der Waals surface area (Å²) in [5, 5.41) is 10.5. The molecule has 0 aliphatic carbocycles. The van der Waals surface area contributed by atoms with Crippen molar-refractivity contribution < 1.29 is 19.4 Å². The van der Waals surface area contributed by atoms with E-state index in [4.69, 9.17) is 15.6 Å². The number of carboxylic acids is 1. The van der Waals surface area contributed by atoms with Crippen molar-refractivity contribution in [1.29, 1.82) is 0 Å². The molecule has 4 N–H and O–H groups in total. The predicted molar refractivity (Wildman–Crippen MR) is 49.6 cm³/mol. The molecule has 6 heteroatoms. The van der Waals surface area contributed by atoms with Crippen molar-refractivity contribution in [3.8, 4) is 0 Å². The maximum absolute atomic E-state index is 10.9. The maximum Gasteiger partial charge on any atom is 0.408 e. The average Bonchev–Trinajstić information content (AvgIpc) is 2.02. The summed E-state index contributed by atoms with van der Waals surface area (Å²) in [5.74, 6) is -1.06. The van der Waals surface area contributed by atoms with Crippen molar-refractivity contribution >= 4 is 12.1 Å². The second-order valence-corrected chi connectivity index (χ2v) is 2.84. The van der Waals surface area contributed by atoms with Gasteiger partial charge in [-0.2, -0.15) is 0 Å².